The Bertz CT molecular complexity index is 878. The van der Waals surface area contributed by atoms with E-state index in [1.807, 2.05) is 68.4 Å². The van der Waals surface area contributed by atoms with Gasteiger partial charge < -0.3 is 15.0 Å². The van der Waals surface area contributed by atoms with Gasteiger partial charge in [0.05, 0.1) is 18.1 Å². The number of benzene rings is 2. The van der Waals surface area contributed by atoms with Crippen LogP contribution in [0.4, 0.5) is 11.5 Å². The Balaban J connectivity index is 1.75. The summed E-state index contributed by atoms with van der Waals surface area (Å²) in [7, 11) is 0. The highest BCUT2D eigenvalue weighted by molar-refractivity contribution is 5.92. The fourth-order valence-corrected chi connectivity index (χ4v) is 2.59. The highest BCUT2D eigenvalue weighted by atomic mass is 16.5. The molecule has 0 unspecified atom stereocenters. The van der Waals surface area contributed by atoms with E-state index in [2.05, 4.69) is 15.3 Å². The van der Waals surface area contributed by atoms with Crippen molar-refractivity contribution in [3.8, 4) is 11.5 Å². The summed E-state index contributed by atoms with van der Waals surface area (Å²) in [5.41, 5.74) is 1.09. The van der Waals surface area contributed by atoms with Crippen LogP contribution >= 0.6 is 0 Å². The molecule has 0 aliphatic carbocycles. The Morgan fingerprint density at radius 2 is 1.67 bits per heavy atom. The van der Waals surface area contributed by atoms with E-state index in [1.54, 1.807) is 11.1 Å². The normalized spacial score (nSPS) is 10.3. The number of anilines is 2. The van der Waals surface area contributed by atoms with E-state index in [9.17, 15) is 4.79 Å². The highest BCUT2D eigenvalue weighted by Crippen LogP contribution is 2.30. The molecule has 1 amide bonds. The fourth-order valence-electron chi connectivity index (χ4n) is 2.59. The third-order valence-corrected chi connectivity index (χ3v) is 4.04. The van der Waals surface area contributed by atoms with Crippen LogP contribution in [0.3, 0.4) is 0 Å². The zero-order valence-corrected chi connectivity index (χ0v) is 15.4. The van der Waals surface area contributed by atoms with Crippen LogP contribution < -0.4 is 10.1 Å². The van der Waals surface area contributed by atoms with Crippen molar-refractivity contribution >= 4 is 17.4 Å². The number of para-hydroxylation sites is 3. The van der Waals surface area contributed by atoms with Crippen molar-refractivity contribution < 1.29 is 9.53 Å². The molecule has 1 aromatic heterocycles. The molecule has 0 aliphatic rings. The minimum Gasteiger partial charge on any atom is -0.455 e. The SMILES string of the molecule is CCN(CC)C(=O)c1cnc(Nc2ccccc2Oc2ccccc2)cn1. The van der Waals surface area contributed by atoms with E-state index in [0.717, 1.165) is 11.4 Å². The molecule has 1 heterocycles. The number of nitrogens with one attached hydrogen (secondary N) is 1. The Kier molecular flexibility index (Phi) is 5.99. The first-order valence-corrected chi connectivity index (χ1v) is 8.91. The van der Waals surface area contributed by atoms with E-state index in [0.29, 0.717) is 30.4 Å². The summed E-state index contributed by atoms with van der Waals surface area (Å²) in [6.45, 7) is 5.16. The second kappa shape index (κ2) is 8.80. The van der Waals surface area contributed by atoms with Crippen molar-refractivity contribution in [2.45, 2.75) is 13.8 Å². The zero-order chi connectivity index (χ0) is 19.1. The van der Waals surface area contributed by atoms with Gasteiger partial charge in [-0.15, -0.1) is 0 Å². The number of carbonyl (C=O) groups excluding carboxylic acids is 1. The number of nitrogens with zero attached hydrogens (tertiary/aromatic N) is 3. The number of rotatable bonds is 7. The third kappa shape index (κ3) is 4.61. The lowest BCUT2D eigenvalue weighted by Crippen LogP contribution is -2.31. The van der Waals surface area contributed by atoms with Crippen LogP contribution in [0.15, 0.2) is 67.0 Å². The minimum absolute atomic E-state index is 0.119. The van der Waals surface area contributed by atoms with Gasteiger partial charge in [0, 0.05) is 13.1 Å². The van der Waals surface area contributed by atoms with Gasteiger partial charge in [-0.3, -0.25) is 4.79 Å². The van der Waals surface area contributed by atoms with E-state index >= 15 is 0 Å². The molecule has 6 nitrogen and oxygen atoms in total. The standard InChI is InChI=1S/C21H22N4O2/c1-3-25(4-2)21(26)18-14-23-20(15-22-18)24-17-12-8-9-13-19(17)27-16-10-6-5-7-11-16/h5-15H,3-4H2,1-2H3,(H,23,24). The Morgan fingerprint density at radius 3 is 2.33 bits per heavy atom. The molecule has 27 heavy (non-hydrogen) atoms. The summed E-state index contributed by atoms with van der Waals surface area (Å²) >= 11 is 0. The average molecular weight is 362 g/mol. The predicted octanol–water partition coefficient (Wildman–Crippen LogP) is 4.49. The fraction of sp³-hybridized carbons (Fsp3) is 0.190. The number of hydrogen-bond acceptors (Lipinski definition) is 5. The third-order valence-electron chi connectivity index (χ3n) is 4.04. The van der Waals surface area contributed by atoms with Crippen LogP contribution in [-0.2, 0) is 0 Å². The summed E-state index contributed by atoms with van der Waals surface area (Å²) in [5, 5.41) is 3.19. The number of hydrogen-bond donors (Lipinski definition) is 1. The molecule has 0 fully saturated rings. The van der Waals surface area contributed by atoms with Gasteiger partial charge in [-0.2, -0.15) is 0 Å². The van der Waals surface area contributed by atoms with Gasteiger partial charge in [0.2, 0.25) is 0 Å². The summed E-state index contributed by atoms with van der Waals surface area (Å²) in [6, 6.07) is 17.1. The quantitative estimate of drug-likeness (QED) is 0.670. The van der Waals surface area contributed by atoms with Crippen molar-refractivity contribution in [1.82, 2.24) is 14.9 Å². The highest BCUT2D eigenvalue weighted by Gasteiger charge is 2.14. The second-order valence-corrected chi connectivity index (χ2v) is 5.80. The number of carbonyl (C=O) groups is 1. The van der Waals surface area contributed by atoms with E-state index in [1.165, 1.54) is 6.20 Å². The first-order chi connectivity index (χ1) is 13.2. The molecule has 0 bridgehead atoms. The predicted molar refractivity (Wildman–Crippen MR) is 106 cm³/mol. The van der Waals surface area contributed by atoms with Crippen LogP contribution in [-0.4, -0.2) is 33.9 Å². The van der Waals surface area contributed by atoms with Gasteiger partial charge >= 0.3 is 0 Å². The van der Waals surface area contributed by atoms with Crippen LogP contribution in [0.1, 0.15) is 24.3 Å². The van der Waals surface area contributed by atoms with Gasteiger partial charge in [-0.05, 0) is 38.1 Å². The van der Waals surface area contributed by atoms with Gasteiger partial charge in [0.15, 0.2) is 5.75 Å². The number of ether oxygens (including phenoxy) is 1. The zero-order valence-electron chi connectivity index (χ0n) is 15.4. The average Bonchev–Trinajstić information content (AvgIpc) is 2.72. The molecule has 0 atom stereocenters. The maximum atomic E-state index is 12.3. The number of aromatic nitrogens is 2. The van der Waals surface area contributed by atoms with Crippen LogP contribution in [0.5, 0.6) is 11.5 Å². The Hall–Kier alpha value is -3.41. The van der Waals surface area contributed by atoms with Gasteiger partial charge in [0.1, 0.15) is 17.3 Å². The van der Waals surface area contributed by atoms with Gasteiger partial charge in [-0.25, -0.2) is 9.97 Å². The molecule has 0 radical (unpaired) electrons. The molecule has 6 heteroatoms. The molecular weight excluding hydrogens is 340 g/mol. The molecule has 138 valence electrons. The minimum atomic E-state index is -0.119. The van der Waals surface area contributed by atoms with E-state index in [4.69, 9.17) is 4.74 Å². The lowest BCUT2D eigenvalue weighted by Gasteiger charge is -2.17. The van der Waals surface area contributed by atoms with Gasteiger partial charge in [0.25, 0.3) is 5.91 Å². The molecule has 0 spiro atoms. The molecule has 0 saturated carbocycles. The van der Waals surface area contributed by atoms with Crippen molar-refractivity contribution in [3.05, 3.63) is 72.7 Å². The maximum absolute atomic E-state index is 12.3. The van der Waals surface area contributed by atoms with Gasteiger partial charge in [-0.1, -0.05) is 30.3 Å². The van der Waals surface area contributed by atoms with Crippen LogP contribution in [0.25, 0.3) is 0 Å². The smallest absolute Gasteiger partial charge is 0.274 e. The summed E-state index contributed by atoms with van der Waals surface area (Å²) in [5.74, 6) is 1.84. The van der Waals surface area contributed by atoms with Crippen molar-refractivity contribution in [1.29, 1.82) is 0 Å². The first-order valence-electron chi connectivity index (χ1n) is 8.91. The molecule has 2 aromatic carbocycles. The van der Waals surface area contributed by atoms with Crippen molar-refractivity contribution in [3.63, 3.8) is 0 Å². The molecule has 3 aromatic rings. The van der Waals surface area contributed by atoms with Crippen LogP contribution in [0.2, 0.25) is 0 Å². The van der Waals surface area contributed by atoms with E-state index < -0.39 is 0 Å². The molecule has 1 N–H and O–H groups in total. The topological polar surface area (TPSA) is 67.4 Å². The Morgan fingerprint density at radius 1 is 0.963 bits per heavy atom. The van der Waals surface area contributed by atoms with Crippen molar-refractivity contribution in [2.75, 3.05) is 18.4 Å². The second-order valence-electron chi connectivity index (χ2n) is 5.80. The summed E-state index contributed by atoms with van der Waals surface area (Å²) < 4.78 is 5.93. The Labute approximate surface area is 158 Å². The molecule has 0 saturated heterocycles. The molecular formula is C21H22N4O2. The summed E-state index contributed by atoms with van der Waals surface area (Å²) in [6.07, 6.45) is 3.04. The summed E-state index contributed by atoms with van der Waals surface area (Å²) in [4.78, 5) is 22.6. The first kappa shape index (κ1) is 18.4. The van der Waals surface area contributed by atoms with Crippen molar-refractivity contribution in [2.24, 2.45) is 0 Å². The largest absolute Gasteiger partial charge is 0.455 e. The lowest BCUT2D eigenvalue weighted by atomic mass is 10.3. The maximum Gasteiger partial charge on any atom is 0.274 e. The molecule has 3 rings (SSSR count). The monoisotopic (exact) mass is 362 g/mol. The molecule has 0 aliphatic heterocycles. The number of amides is 1. The van der Waals surface area contributed by atoms with E-state index in [-0.39, 0.29) is 5.91 Å². The lowest BCUT2D eigenvalue weighted by molar-refractivity contribution is 0.0766. The van der Waals surface area contributed by atoms with Crippen LogP contribution in [0, 0.1) is 0 Å².